The smallest absolute Gasteiger partial charge is 0.218 e. The minimum atomic E-state index is -0.297. The molecule has 0 saturated carbocycles. The zero-order valence-corrected chi connectivity index (χ0v) is 9.29. The number of rotatable bonds is 7. The number of carbonyl (C=O) groups is 1. The van der Waals surface area contributed by atoms with Crippen molar-refractivity contribution in [2.75, 3.05) is 6.54 Å². The van der Waals surface area contributed by atoms with E-state index in [1.165, 1.54) is 0 Å². The van der Waals surface area contributed by atoms with Crippen molar-refractivity contribution in [3.8, 4) is 0 Å². The quantitative estimate of drug-likeness (QED) is 0.554. The van der Waals surface area contributed by atoms with Crippen LogP contribution in [0.1, 0.15) is 33.6 Å². The molecule has 4 nitrogen and oxygen atoms in total. The molecule has 0 aromatic heterocycles. The van der Waals surface area contributed by atoms with Crippen LogP contribution in [0.5, 0.6) is 0 Å². The standard InChI is InChI=1S/C10H22N2O2/c1-7(2)9(13)4-5-12-8(3)6-10(11)14/h7-9,12-13H,4-6H2,1-3H3,(H2,11,14). The van der Waals surface area contributed by atoms with E-state index in [1.807, 2.05) is 20.8 Å². The first-order chi connectivity index (χ1) is 6.43. The maximum Gasteiger partial charge on any atom is 0.218 e. The largest absolute Gasteiger partial charge is 0.393 e. The normalized spacial score (nSPS) is 15.5. The van der Waals surface area contributed by atoms with Crippen LogP contribution >= 0.6 is 0 Å². The average Bonchev–Trinajstić information content (AvgIpc) is 2.02. The molecular weight excluding hydrogens is 180 g/mol. The molecule has 4 heteroatoms. The molecule has 0 rings (SSSR count). The van der Waals surface area contributed by atoms with E-state index in [1.54, 1.807) is 0 Å². The predicted molar refractivity (Wildman–Crippen MR) is 56.7 cm³/mol. The molecule has 2 atom stereocenters. The number of hydrogen-bond donors (Lipinski definition) is 3. The summed E-state index contributed by atoms with van der Waals surface area (Å²) in [5, 5.41) is 12.6. The summed E-state index contributed by atoms with van der Waals surface area (Å²) in [7, 11) is 0. The zero-order valence-electron chi connectivity index (χ0n) is 9.29. The van der Waals surface area contributed by atoms with Crippen LogP contribution in [-0.2, 0) is 4.79 Å². The molecule has 0 aromatic rings. The Kier molecular flexibility index (Phi) is 6.49. The fraction of sp³-hybridized carbons (Fsp3) is 0.900. The van der Waals surface area contributed by atoms with Crippen LogP contribution in [0.25, 0.3) is 0 Å². The topological polar surface area (TPSA) is 75.4 Å². The van der Waals surface area contributed by atoms with Gasteiger partial charge >= 0.3 is 0 Å². The Balaban J connectivity index is 3.48. The third-order valence-electron chi connectivity index (χ3n) is 2.21. The Morgan fingerprint density at radius 2 is 2.00 bits per heavy atom. The number of aliphatic hydroxyl groups is 1. The summed E-state index contributed by atoms with van der Waals surface area (Å²) in [4.78, 5) is 10.5. The van der Waals surface area contributed by atoms with Crippen LogP contribution in [0.3, 0.4) is 0 Å². The molecule has 0 bridgehead atoms. The second-order valence-electron chi connectivity index (χ2n) is 4.13. The van der Waals surface area contributed by atoms with Crippen molar-refractivity contribution in [2.24, 2.45) is 11.7 Å². The number of amides is 1. The lowest BCUT2D eigenvalue weighted by atomic mass is 10.0. The first-order valence-corrected chi connectivity index (χ1v) is 5.13. The van der Waals surface area contributed by atoms with Crippen LogP contribution < -0.4 is 11.1 Å². The fourth-order valence-electron chi connectivity index (χ4n) is 1.18. The van der Waals surface area contributed by atoms with E-state index < -0.39 is 0 Å². The molecule has 0 aromatic carbocycles. The molecule has 2 unspecified atom stereocenters. The average molecular weight is 202 g/mol. The van der Waals surface area contributed by atoms with Gasteiger partial charge in [-0.1, -0.05) is 13.8 Å². The van der Waals surface area contributed by atoms with Gasteiger partial charge in [0.1, 0.15) is 0 Å². The van der Waals surface area contributed by atoms with Gasteiger partial charge in [0.15, 0.2) is 0 Å². The molecule has 0 aliphatic heterocycles. The summed E-state index contributed by atoms with van der Waals surface area (Å²) in [6, 6.07) is 0.0897. The lowest BCUT2D eigenvalue weighted by Gasteiger charge is -2.16. The molecule has 0 saturated heterocycles. The molecule has 0 fully saturated rings. The molecular formula is C10H22N2O2. The highest BCUT2D eigenvalue weighted by Gasteiger charge is 2.10. The molecule has 0 spiro atoms. The van der Waals surface area contributed by atoms with Crippen molar-refractivity contribution >= 4 is 5.91 Å². The monoisotopic (exact) mass is 202 g/mol. The summed E-state index contributed by atoms with van der Waals surface area (Å²) < 4.78 is 0. The molecule has 0 heterocycles. The van der Waals surface area contributed by atoms with E-state index in [4.69, 9.17) is 5.73 Å². The Bertz CT molecular complexity index is 172. The highest BCUT2D eigenvalue weighted by atomic mass is 16.3. The van der Waals surface area contributed by atoms with Gasteiger partial charge in [-0.2, -0.15) is 0 Å². The number of nitrogens with one attached hydrogen (secondary N) is 1. The van der Waals surface area contributed by atoms with E-state index in [-0.39, 0.29) is 24.0 Å². The third kappa shape index (κ3) is 6.86. The van der Waals surface area contributed by atoms with Crippen molar-refractivity contribution in [3.05, 3.63) is 0 Å². The molecule has 0 aliphatic rings. The van der Waals surface area contributed by atoms with E-state index >= 15 is 0 Å². The zero-order chi connectivity index (χ0) is 11.1. The number of aliphatic hydroxyl groups excluding tert-OH is 1. The summed E-state index contributed by atoms with van der Waals surface area (Å²) >= 11 is 0. The van der Waals surface area contributed by atoms with E-state index in [2.05, 4.69) is 5.32 Å². The van der Waals surface area contributed by atoms with Gasteiger partial charge in [0, 0.05) is 12.5 Å². The van der Waals surface area contributed by atoms with E-state index in [9.17, 15) is 9.90 Å². The van der Waals surface area contributed by atoms with Gasteiger partial charge in [-0.15, -0.1) is 0 Å². The maximum atomic E-state index is 10.5. The first-order valence-electron chi connectivity index (χ1n) is 5.13. The summed E-state index contributed by atoms with van der Waals surface area (Å²) in [5.41, 5.74) is 5.04. The highest BCUT2D eigenvalue weighted by molar-refractivity contribution is 5.74. The molecule has 1 amide bonds. The lowest BCUT2D eigenvalue weighted by Crippen LogP contribution is -2.33. The van der Waals surface area contributed by atoms with Gasteiger partial charge in [-0.25, -0.2) is 0 Å². The van der Waals surface area contributed by atoms with Gasteiger partial charge in [0.25, 0.3) is 0 Å². The van der Waals surface area contributed by atoms with E-state index in [0.717, 1.165) is 0 Å². The predicted octanol–water partition coefficient (Wildman–Crippen LogP) is 0.247. The number of nitrogens with two attached hydrogens (primary N) is 1. The second-order valence-corrected chi connectivity index (χ2v) is 4.13. The van der Waals surface area contributed by atoms with Gasteiger partial charge in [0.2, 0.25) is 5.91 Å². The van der Waals surface area contributed by atoms with Crippen molar-refractivity contribution in [1.29, 1.82) is 0 Å². The van der Waals surface area contributed by atoms with Crippen LogP contribution in [0.2, 0.25) is 0 Å². The van der Waals surface area contributed by atoms with Crippen LogP contribution in [0.4, 0.5) is 0 Å². The van der Waals surface area contributed by atoms with Gasteiger partial charge < -0.3 is 16.2 Å². The minimum absolute atomic E-state index is 0.0897. The molecule has 14 heavy (non-hydrogen) atoms. The Labute approximate surface area is 85.9 Å². The van der Waals surface area contributed by atoms with Crippen molar-refractivity contribution in [2.45, 2.75) is 45.8 Å². The Hall–Kier alpha value is -0.610. The third-order valence-corrected chi connectivity index (χ3v) is 2.21. The second kappa shape index (κ2) is 6.79. The molecule has 4 N–H and O–H groups in total. The van der Waals surface area contributed by atoms with Gasteiger partial charge in [-0.05, 0) is 25.8 Å². The summed E-state index contributed by atoms with van der Waals surface area (Å²) in [6.45, 7) is 6.59. The van der Waals surface area contributed by atoms with Crippen molar-refractivity contribution in [3.63, 3.8) is 0 Å². The highest BCUT2D eigenvalue weighted by Crippen LogP contribution is 2.04. The lowest BCUT2D eigenvalue weighted by molar-refractivity contribution is -0.118. The van der Waals surface area contributed by atoms with Crippen molar-refractivity contribution < 1.29 is 9.90 Å². The SMILES string of the molecule is CC(CC(N)=O)NCCC(O)C(C)C. The number of hydrogen-bond acceptors (Lipinski definition) is 3. The minimum Gasteiger partial charge on any atom is -0.393 e. The number of carbonyl (C=O) groups excluding carboxylic acids is 1. The number of primary amides is 1. The van der Waals surface area contributed by atoms with Crippen LogP contribution in [-0.4, -0.2) is 29.7 Å². The molecule has 0 radical (unpaired) electrons. The van der Waals surface area contributed by atoms with Crippen molar-refractivity contribution in [1.82, 2.24) is 5.32 Å². The maximum absolute atomic E-state index is 10.5. The first kappa shape index (κ1) is 13.4. The Morgan fingerprint density at radius 1 is 1.43 bits per heavy atom. The van der Waals surface area contributed by atoms with Crippen LogP contribution in [0.15, 0.2) is 0 Å². The van der Waals surface area contributed by atoms with E-state index in [0.29, 0.717) is 19.4 Å². The van der Waals surface area contributed by atoms with Gasteiger partial charge in [0.05, 0.1) is 6.10 Å². The van der Waals surface area contributed by atoms with Crippen LogP contribution in [0, 0.1) is 5.92 Å². The summed E-state index contributed by atoms with van der Waals surface area (Å²) in [5.74, 6) is -0.0161. The summed E-state index contributed by atoms with van der Waals surface area (Å²) in [6.07, 6.45) is 0.779. The fourth-order valence-corrected chi connectivity index (χ4v) is 1.18. The Morgan fingerprint density at radius 3 is 2.43 bits per heavy atom. The molecule has 0 aliphatic carbocycles. The van der Waals surface area contributed by atoms with Gasteiger partial charge in [-0.3, -0.25) is 4.79 Å². The molecule has 84 valence electrons.